The lowest BCUT2D eigenvalue weighted by atomic mass is 9.92. The van der Waals surface area contributed by atoms with Gasteiger partial charge < -0.3 is 147 Å². The molecule has 0 bridgehead atoms. The number of fused-ring (bicyclic) bond motifs is 1. The highest BCUT2D eigenvalue weighted by atomic mass is 31.2. The summed E-state index contributed by atoms with van der Waals surface area (Å²) in [6, 6.07) is -1.42. The summed E-state index contributed by atoms with van der Waals surface area (Å²) in [4.78, 5) is 88.4. The lowest BCUT2D eigenvalue weighted by Gasteiger charge is -2.42. The van der Waals surface area contributed by atoms with Gasteiger partial charge in [0.2, 0.25) is 5.91 Å². The van der Waals surface area contributed by atoms with Crippen LogP contribution < -0.4 is 5.32 Å². The minimum absolute atomic E-state index is 0.156. The van der Waals surface area contributed by atoms with Crippen LogP contribution in [0, 0.1) is 24.7 Å². The lowest BCUT2D eigenvalue weighted by Crippen LogP contribution is -2.64. The molecule has 26 atom stereocenters. The van der Waals surface area contributed by atoms with Crippen molar-refractivity contribution in [1.29, 1.82) is 0 Å². The van der Waals surface area contributed by atoms with Crippen LogP contribution in [0.3, 0.4) is 0 Å². The predicted molar refractivity (Wildman–Crippen MR) is 362 cm³/mol. The van der Waals surface area contributed by atoms with Crippen molar-refractivity contribution in [2.24, 2.45) is 17.8 Å². The normalized spacial score (nSPS) is 31.4. The predicted octanol–water partition coefficient (Wildman–Crippen LogP) is -3.57. The van der Waals surface area contributed by atoms with E-state index in [2.05, 4.69) is 20.3 Å². The van der Waals surface area contributed by atoms with Crippen LogP contribution in [0.4, 0.5) is 0 Å². The first-order valence-electron chi connectivity index (χ1n) is 34.1. The Hall–Kier alpha value is -2.16. The highest BCUT2D eigenvalue weighted by Crippen LogP contribution is 2.52. The Morgan fingerprint density at radius 2 is 0.991 bits per heavy atom. The number of nitrogens with zero attached hydrogens (tertiary/aromatic N) is 4. The van der Waals surface area contributed by atoms with E-state index in [1.165, 1.54) is 44.9 Å². The molecule has 6 heterocycles. The number of aryl methyl sites for hydroxylation is 1. The van der Waals surface area contributed by atoms with Crippen molar-refractivity contribution in [3.63, 3.8) is 0 Å². The maximum atomic E-state index is 13.6. The molecule has 4 aliphatic heterocycles. The molecule has 4 aliphatic rings. The first kappa shape index (κ1) is 98.7. The molecule has 17 N–H and O–H groups in total. The first-order valence-corrected chi connectivity index (χ1v) is 43.2. The van der Waals surface area contributed by atoms with Gasteiger partial charge in [-0.3, -0.25) is 59.2 Å². The molecule has 0 aliphatic carbocycles. The molecule has 0 saturated carbocycles. The van der Waals surface area contributed by atoms with Crippen LogP contribution in [0.25, 0.3) is 11.2 Å². The summed E-state index contributed by atoms with van der Waals surface area (Å²) >= 11 is 0. The smallest absolute Gasteiger partial charge is 0.396 e. The second-order valence-corrected chi connectivity index (χ2v) is 35.2. The van der Waals surface area contributed by atoms with E-state index in [4.69, 9.17) is 107 Å². The number of ether oxygens (including phenoxy) is 12. The summed E-state index contributed by atoms with van der Waals surface area (Å²) in [6.45, 7) is -10.1. The third kappa shape index (κ3) is 31.1. The maximum Gasteiger partial charge on any atom is 0.474 e. The van der Waals surface area contributed by atoms with E-state index in [9.17, 15) is 113 Å². The van der Waals surface area contributed by atoms with E-state index in [-0.39, 0.29) is 6.42 Å². The molecule has 51 nitrogen and oxygen atoms in total. The number of rotatable bonds is 54. The number of hydrogen-bond donors (Lipinski definition) is 17. The van der Waals surface area contributed by atoms with Crippen molar-refractivity contribution >= 4 is 63.8 Å². The van der Waals surface area contributed by atoms with Crippen molar-refractivity contribution < 1.29 is 219 Å². The second-order valence-electron chi connectivity index (χ2n) is 25.6. The van der Waals surface area contributed by atoms with Crippen LogP contribution in [-0.4, -0.2) is 349 Å². The van der Waals surface area contributed by atoms with Gasteiger partial charge in [-0.2, -0.15) is 0 Å². The van der Waals surface area contributed by atoms with Crippen molar-refractivity contribution in [3.05, 3.63) is 18.3 Å². The summed E-state index contributed by atoms with van der Waals surface area (Å²) in [5.74, 6) is -3.52. The fourth-order valence-corrected chi connectivity index (χ4v) is 14.4. The second kappa shape index (κ2) is 46.0. The Morgan fingerprint density at radius 3 is 1.46 bits per heavy atom. The van der Waals surface area contributed by atoms with Crippen molar-refractivity contribution in [2.75, 3.05) is 140 Å². The Kier molecular flexibility index (Phi) is 40.5. The molecule has 2 aromatic heterocycles. The molecule has 112 heavy (non-hydrogen) atoms. The first-order chi connectivity index (χ1) is 52.6. The average molecular weight is 1750 g/mol. The van der Waals surface area contributed by atoms with E-state index in [0.29, 0.717) is 16.9 Å². The summed E-state index contributed by atoms with van der Waals surface area (Å²) in [5.41, 5.74) is -2.16. The standard InChI is InChI=1S/C55H101N5O46P6/c1-31(2)107(72,73)95-20-41-37(13-42(102-41)60-25-58-43-34(5)56-24-57-51(43)60)106-112(82,83)100-27-85-19-36(14-61)18-84-26-97-111(80,81)96-23-55(91-30-101-110(78,79)94-11-8-89-53-33(4)46(67)48(69)39(16-63)104-53,21-86-28-98-108(74,75)92-10-7-88-52-32(3)45(66)47(68)38(15-62)103-52)22-87-29-99-109(76,77)93-12-9-90-54-44(59-35(6)65)50(71)49(70)40(17-64)105-54/h24-25,31-33,36-42,44-50,52-54,61-64,66-71H,7-23,26-30H2,1-6H3,(H,59,65)(H,72,73)(H,74,75)(H,76,77)(H,78,79)(H,80,81)(H,82,83)/t32?,33?,36?,37-,38?,39?,40?,41+,42+,44?,45+,46+,47-,48-,49-,50+,52+,53+,54+,55?/m0/s1. The van der Waals surface area contributed by atoms with Crippen LogP contribution in [0.2, 0.25) is 0 Å². The molecule has 0 aromatic carbocycles. The quantitative estimate of drug-likeness (QED) is 0.0173. The fourth-order valence-electron chi connectivity index (χ4n) is 10.5. The minimum Gasteiger partial charge on any atom is -0.396 e. The molecule has 0 radical (unpaired) electrons. The van der Waals surface area contributed by atoms with Gasteiger partial charge in [-0.15, -0.1) is 0 Å². The van der Waals surface area contributed by atoms with Gasteiger partial charge in [0, 0.05) is 31.1 Å². The van der Waals surface area contributed by atoms with Crippen LogP contribution in [0.1, 0.15) is 53.0 Å². The number of imidazole rings is 1. The molecular weight excluding hydrogens is 1650 g/mol. The molecule has 57 heteroatoms. The number of aromatic nitrogens is 4. The Bertz CT molecular complexity index is 3450. The summed E-state index contributed by atoms with van der Waals surface area (Å²) < 4.78 is 202. The van der Waals surface area contributed by atoms with E-state index < -0.39 is 320 Å². The van der Waals surface area contributed by atoms with Crippen molar-refractivity contribution in [1.82, 2.24) is 24.8 Å². The van der Waals surface area contributed by atoms with Gasteiger partial charge in [-0.05, 0) is 6.92 Å². The number of carbonyl (C=O) groups is 1. The minimum atomic E-state index is -5.51. The van der Waals surface area contributed by atoms with Crippen LogP contribution in [-0.2, 0) is 139 Å². The largest absolute Gasteiger partial charge is 0.474 e. The molecule has 6 rings (SSSR count). The number of phosphoric acid groups is 5. The van der Waals surface area contributed by atoms with Gasteiger partial charge in [0.1, 0.15) is 84.7 Å². The number of aliphatic hydroxyl groups is 10. The van der Waals surface area contributed by atoms with Gasteiger partial charge in [0.05, 0.1) is 136 Å². The maximum absolute atomic E-state index is 13.6. The van der Waals surface area contributed by atoms with E-state index in [0.717, 1.165) is 6.92 Å². The van der Waals surface area contributed by atoms with Crippen molar-refractivity contribution in [3.8, 4) is 0 Å². The van der Waals surface area contributed by atoms with Gasteiger partial charge in [0.15, 0.2) is 58.5 Å². The summed E-state index contributed by atoms with van der Waals surface area (Å²) in [5, 5.41) is 103. The Morgan fingerprint density at radius 1 is 0.545 bits per heavy atom. The third-order valence-electron chi connectivity index (χ3n) is 16.8. The van der Waals surface area contributed by atoms with Crippen LogP contribution in [0.5, 0.6) is 0 Å². The molecule has 2 aromatic rings. The summed E-state index contributed by atoms with van der Waals surface area (Å²) in [7, 11) is -30.5. The van der Waals surface area contributed by atoms with Crippen LogP contribution in [0.15, 0.2) is 12.7 Å². The van der Waals surface area contributed by atoms with Crippen molar-refractivity contribution in [2.45, 2.75) is 158 Å². The Labute approximate surface area is 639 Å². The molecule has 0 spiro atoms. The number of nitrogens with one attached hydrogen (secondary N) is 1. The number of hydrogen-bond acceptors (Lipinski definition) is 43. The molecule has 4 saturated heterocycles. The molecule has 14 unspecified atom stereocenters. The zero-order valence-corrected chi connectivity index (χ0v) is 66.5. The zero-order chi connectivity index (χ0) is 83.0. The van der Waals surface area contributed by atoms with Gasteiger partial charge in [0.25, 0.3) is 0 Å². The molecule has 4 fully saturated rings. The number of aliphatic hydroxyl groups excluding tert-OH is 10. The molecule has 652 valence electrons. The van der Waals surface area contributed by atoms with E-state index in [1.807, 2.05) is 0 Å². The van der Waals surface area contributed by atoms with Gasteiger partial charge in [-0.25, -0.2) is 37.8 Å². The highest BCUT2D eigenvalue weighted by molar-refractivity contribution is 7.53. The average Bonchev–Trinajstić information content (AvgIpc) is 1.62. The molecule has 1 amide bonds. The summed E-state index contributed by atoms with van der Waals surface area (Å²) in [6.07, 6.45) is -18.3. The zero-order valence-electron chi connectivity index (χ0n) is 61.1. The fraction of sp³-hybridized carbons (Fsp3) is 0.891. The van der Waals surface area contributed by atoms with Gasteiger partial charge in [-0.1, -0.05) is 27.7 Å². The SMILES string of the molecule is CC(=O)NC1[C@H](OCCOP(=O)(O)OCOCC(COCOP(=O)(O)OCCO[C@@H]2OC(CO)[C@H](O)[C@H](O)C2C)(COP(=O)(O)OCOCC(CO)COCOP(=O)(O)O[C@H]2C[C@H](n3cnc4c(C)ncnc43)O[C@@H]2COP(=O)(O)C(C)C)OCOP(=O)(O)OCCO[C@@H]2OC(CO)[C@H](O)[C@H](O)C2C)OC(CO)[C@H](O)[C@@H]1O. The van der Waals surface area contributed by atoms with E-state index >= 15 is 0 Å². The Balaban J connectivity index is 1.10. The topological polar surface area (TPSA) is 711 Å². The van der Waals surface area contributed by atoms with Crippen LogP contribution >= 0.6 is 46.7 Å². The number of amides is 1. The number of carbonyl (C=O) groups excluding carboxylic acids is 1. The van der Waals surface area contributed by atoms with Gasteiger partial charge >= 0.3 is 46.7 Å². The highest BCUT2D eigenvalue weighted by Gasteiger charge is 2.49. The number of phosphoric ester groups is 5. The third-order valence-corrected chi connectivity index (χ3v) is 23.3. The lowest BCUT2D eigenvalue weighted by molar-refractivity contribution is -0.283. The monoisotopic (exact) mass is 1750 g/mol. The van der Waals surface area contributed by atoms with E-state index in [1.54, 1.807) is 6.92 Å². The molecular formula is C55H101N5O46P6.